The number of rotatable bonds is 4. The van der Waals surface area contributed by atoms with Gasteiger partial charge in [-0.05, 0) is 29.8 Å². The Morgan fingerprint density at radius 1 is 1.06 bits per heavy atom. The molecular weight excluding hydrogens is 505 g/mol. The van der Waals surface area contributed by atoms with Gasteiger partial charge in [-0.1, -0.05) is 18.2 Å². The molecule has 0 saturated carbocycles. The average Bonchev–Trinajstić information content (AvgIpc) is 3.01. The number of aliphatic imine (C=N–C) groups is 1. The summed E-state index contributed by atoms with van der Waals surface area (Å²) in [6.07, 6.45) is 0.884. The fraction of sp³-hybridized carbons (Fsp3) is 0.304. The van der Waals surface area contributed by atoms with Gasteiger partial charge >= 0.3 is 0 Å². The highest BCUT2D eigenvalue weighted by Crippen LogP contribution is 2.32. The van der Waals surface area contributed by atoms with Crippen LogP contribution in [-0.2, 0) is 6.54 Å². The van der Waals surface area contributed by atoms with Crippen LogP contribution >= 0.6 is 24.0 Å². The topological polar surface area (TPSA) is 71.0 Å². The Bertz CT molecular complexity index is 1070. The van der Waals surface area contributed by atoms with Gasteiger partial charge in [0.15, 0.2) is 17.5 Å². The average molecular weight is 533 g/mol. The molecule has 164 valence electrons. The van der Waals surface area contributed by atoms with Crippen molar-refractivity contribution in [2.45, 2.75) is 13.0 Å². The van der Waals surface area contributed by atoms with Gasteiger partial charge in [0.1, 0.15) is 5.82 Å². The summed E-state index contributed by atoms with van der Waals surface area (Å²) in [7, 11) is 5.76. The largest absolute Gasteiger partial charge is 0.490 e. The minimum absolute atomic E-state index is 0. The number of halogens is 1. The van der Waals surface area contributed by atoms with Gasteiger partial charge in [-0.15, -0.1) is 24.0 Å². The summed E-state index contributed by atoms with van der Waals surface area (Å²) in [5.41, 5.74) is 3.03. The molecule has 0 bridgehead atoms. The lowest BCUT2D eigenvalue weighted by molar-refractivity contribution is 0.297. The number of aromatic nitrogens is 1. The number of hydrogen-bond acceptors (Lipinski definition) is 5. The quantitative estimate of drug-likeness (QED) is 0.297. The number of ether oxygens (including phenoxy) is 2. The fourth-order valence-electron chi connectivity index (χ4n) is 3.34. The molecule has 0 unspecified atom stereocenters. The van der Waals surface area contributed by atoms with E-state index in [9.17, 15) is 0 Å². The molecule has 1 aliphatic heterocycles. The molecule has 0 fully saturated rings. The maximum absolute atomic E-state index is 5.78. The monoisotopic (exact) mass is 533 g/mol. The number of benzene rings is 2. The highest BCUT2D eigenvalue weighted by molar-refractivity contribution is 14.0. The smallest absolute Gasteiger partial charge is 0.195 e. The molecule has 2 heterocycles. The number of nitrogens with zero attached hydrogens (tertiary/aromatic N) is 3. The van der Waals surface area contributed by atoms with E-state index in [1.165, 1.54) is 0 Å². The lowest BCUT2D eigenvalue weighted by Crippen LogP contribution is -2.30. The molecule has 0 aliphatic carbocycles. The van der Waals surface area contributed by atoms with Crippen molar-refractivity contribution >= 4 is 52.3 Å². The third-order valence-corrected chi connectivity index (χ3v) is 4.93. The van der Waals surface area contributed by atoms with Crippen molar-refractivity contribution in [3.8, 4) is 11.5 Å². The van der Waals surface area contributed by atoms with Crippen molar-refractivity contribution in [2.24, 2.45) is 4.99 Å². The molecule has 7 nitrogen and oxygen atoms in total. The minimum Gasteiger partial charge on any atom is -0.490 e. The highest BCUT2D eigenvalue weighted by Gasteiger charge is 2.12. The van der Waals surface area contributed by atoms with Crippen LogP contribution in [0.1, 0.15) is 12.0 Å². The third kappa shape index (κ3) is 5.49. The van der Waals surface area contributed by atoms with Crippen LogP contribution in [0.2, 0.25) is 0 Å². The first kappa shape index (κ1) is 22.9. The molecule has 1 aromatic heterocycles. The molecule has 8 heteroatoms. The Hall–Kier alpha value is -2.75. The van der Waals surface area contributed by atoms with Crippen molar-refractivity contribution in [3.05, 3.63) is 54.1 Å². The van der Waals surface area contributed by atoms with Crippen molar-refractivity contribution in [3.63, 3.8) is 0 Å². The molecule has 0 radical (unpaired) electrons. The second kappa shape index (κ2) is 10.5. The van der Waals surface area contributed by atoms with Crippen molar-refractivity contribution in [1.82, 2.24) is 10.3 Å². The van der Waals surface area contributed by atoms with Crippen LogP contribution < -0.4 is 25.0 Å². The number of para-hydroxylation sites is 1. The van der Waals surface area contributed by atoms with E-state index in [2.05, 4.69) is 27.8 Å². The molecular formula is C23H28IN5O2. The zero-order valence-electron chi connectivity index (χ0n) is 18.0. The normalized spacial score (nSPS) is 13.2. The van der Waals surface area contributed by atoms with Crippen LogP contribution in [0, 0.1) is 0 Å². The van der Waals surface area contributed by atoms with E-state index in [1.807, 2.05) is 55.4 Å². The van der Waals surface area contributed by atoms with Crippen LogP contribution in [0.25, 0.3) is 10.9 Å². The van der Waals surface area contributed by atoms with E-state index >= 15 is 0 Å². The first-order valence-corrected chi connectivity index (χ1v) is 10.1. The van der Waals surface area contributed by atoms with E-state index in [-0.39, 0.29) is 24.0 Å². The molecule has 31 heavy (non-hydrogen) atoms. The van der Waals surface area contributed by atoms with Gasteiger partial charge in [0.05, 0.1) is 18.7 Å². The third-order valence-electron chi connectivity index (χ3n) is 4.93. The molecule has 0 saturated heterocycles. The highest BCUT2D eigenvalue weighted by atomic mass is 127. The Balaban J connectivity index is 0.00000272. The summed E-state index contributed by atoms with van der Waals surface area (Å²) >= 11 is 0. The first-order chi connectivity index (χ1) is 14.6. The van der Waals surface area contributed by atoms with Gasteiger partial charge < -0.3 is 25.0 Å². The second-order valence-corrected chi connectivity index (χ2v) is 7.31. The van der Waals surface area contributed by atoms with E-state index < -0.39 is 0 Å². The van der Waals surface area contributed by atoms with Gasteiger partial charge in [-0.2, -0.15) is 0 Å². The number of guanidine groups is 1. The van der Waals surface area contributed by atoms with Crippen LogP contribution in [0.5, 0.6) is 11.5 Å². The minimum atomic E-state index is 0. The van der Waals surface area contributed by atoms with E-state index in [0.717, 1.165) is 45.9 Å². The fourth-order valence-corrected chi connectivity index (χ4v) is 3.34. The standard InChI is InChI=1S/C23H27N5O2.HI/c1-24-23(26-17-9-10-20-21(14-17)30-12-6-11-29-20)25-15-16-13-22(28(2)3)27-19-8-5-4-7-18(16)19;/h4-5,7-10,13-14H,6,11-12,15H2,1-3H3,(H2,24,25,26);1H. The van der Waals surface area contributed by atoms with Crippen molar-refractivity contribution in [2.75, 3.05) is 44.6 Å². The predicted molar refractivity (Wildman–Crippen MR) is 137 cm³/mol. The SMILES string of the molecule is CN=C(NCc1cc(N(C)C)nc2ccccc12)Nc1ccc2c(c1)OCCCO2.I. The summed E-state index contributed by atoms with van der Waals surface area (Å²) < 4.78 is 11.5. The summed E-state index contributed by atoms with van der Waals surface area (Å²) in [4.78, 5) is 11.1. The van der Waals surface area contributed by atoms with Crippen LogP contribution in [0.3, 0.4) is 0 Å². The lowest BCUT2D eigenvalue weighted by atomic mass is 10.1. The Kier molecular flexibility index (Phi) is 7.78. The van der Waals surface area contributed by atoms with E-state index in [4.69, 9.17) is 14.5 Å². The number of fused-ring (bicyclic) bond motifs is 2. The Morgan fingerprint density at radius 3 is 2.61 bits per heavy atom. The van der Waals surface area contributed by atoms with Crippen LogP contribution in [0.15, 0.2) is 53.5 Å². The Labute approximate surface area is 199 Å². The van der Waals surface area contributed by atoms with E-state index in [1.54, 1.807) is 7.05 Å². The second-order valence-electron chi connectivity index (χ2n) is 7.31. The predicted octanol–water partition coefficient (Wildman–Crippen LogP) is 4.27. The molecule has 0 spiro atoms. The van der Waals surface area contributed by atoms with Crippen molar-refractivity contribution < 1.29 is 9.47 Å². The van der Waals surface area contributed by atoms with Crippen LogP contribution in [0.4, 0.5) is 11.5 Å². The molecule has 0 atom stereocenters. The number of pyridine rings is 1. The molecule has 1 aliphatic rings. The maximum Gasteiger partial charge on any atom is 0.195 e. The lowest BCUT2D eigenvalue weighted by Gasteiger charge is -2.17. The first-order valence-electron chi connectivity index (χ1n) is 10.1. The molecule has 4 rings (SSSR count). The zero-order valence-corrected chi connectivity index (χ0v) is 20.3. The van der Waals surface area contributed by atoms with Gasteiger partial charge in [-0.3, -0.25) is 4.99 Å². The Morgan fingerprint density at radius 2 is 1.84 bits per heavy atom. The molecule has 0 amide bonds. The summed E-state index contributed by atoms with van der Waals surface area (Å²) in [6, 6.07) is 16.1. The van der Waals surface area contributed by atoms with E-state index in [0.29, 0.717) is 25.7 Å². The number of anilines is 2. The van der Waals surface area contributed by atoms with Gasteiger partial charge in [0.2, 0.25) is 0 Å². The number of hydrogen-bond donors (Lipinski definition) is 2. The molecule has 2 aromatic carbocycles. The maximum atomic E-state index is 5.78. The van der Waals surface area contributed by atoms with Crippen molar-refractivity contribution in [1.29, 1.82) is 0 Å². The summed E-state index contributed by atoms with van der Waals surface area (Å²) in [5, 5.41) is 7.86. The van der Waals surface area contributed by atoms with Gasteiger partial charge in [-0.25, -0.2) is 4.98 Å². The summed E-state index contributed by atoms with van der Waals surface area (Å²) in [5.74, 6) is 3.14. The zero-order chi connectivity index (χ0) is 20.9. The number of nitrogens with one attached hydrogen (secondary N) is 2. The summed E-state index contributed by atoms with van der Waals surface area (Å²) in [6.45, 7) is 1.96. The molecule has 3 aromatic rings. The van der Waals surface area contributed by atoms with Gasteiger partial charge in [0.25, 0.3) is 0 Å². The van der Waals surface area contributed by atoms with Crippen LogP contribution in [-0.4, -0.2) is 45.3 Å². The van der Waals surface area contributed by atoms with Gasteiger partial charge in [0, 0.05) is 51.2 Å². The molecule has 2 N–H and O–H groups in total.